The molecule has 2 atom stereocenters. The average molecular weight is 1120 g/mol. The molecule has 0 spiro atoms. The second-order valence-electron chi connectivity index (χ2n) is 20.8. The van der Waals surface area contributed by atoms with Crippen LogP contribution in [0.2, 0.25) is 0 Å². The number of nitrogen functional groups attached to an aromatic ring is 1. The average Bonchev–Trinajstić information content (AvgIpc) is 2.59. The van der Waals surface area contributed by atoms with Crippen LogP contribution in [0.1, 0.15) is 85.6 Å². The van der Waals surface area contributed by atoms with Crippen molar-refractivity contribution in [3.8, 4) is 28.1 Å². The number of fused-ring (bicyclic) bond motifs is 1. The lowest BCUT2D eigenvalue weighted by molar-refractivity contribution is -0.668. The molecule has 5 aromatic carbocycles. The smallest absolute Gasteiger partial charge is 0.312 e. The number of urea groups is 1. The van der Waals surface area contributed by atoms with Crippen molar-refractivity contribution >= 4 is 57.5 Å². The normalized spacial score (nSPS) is 12.0. The first-order chi connectivity index (χ1) is 39.4. The lowest BCUT2D eigenvalue weighted by atomic mass is 9.89. The van der Waals surface area contributed by atoms with Gasteiger partial charge in [-0.25, -0.2) is 9.48 Å². The molecule has 0 aliphatic rings. The van der Waals surface area contributed by atoms with Crippen LogP contribution in [0.25, 0.3) is 39.0 Å². The summed E-state index contributed by atoms with van der Waals surface area (Å²) in [6.45, 7) is 11.6. The minimum Gasteiger partial charge on any atom is -0.398 e. The number of nitrogens with two attached hydrogens (primary N) is 2. The standard InChI is InChI=1S/C64H74N8O10/c1-41(2)59(69-55(75)30-33-81-35-37-82-36-34-80-32-29-44(5)73)54(74)39-49(16-13-31-67-64(66)79)62(77)68-50-25-21-45(22-26-50)40-71-43(4)20-23-47-38-48(24-28-53(47)71)56-42(3)19-27-52(58(56)65)61(76)57-60(46-14-9-7-10-15-46)70(6)72(63(57)78)51-17-11-8-12-18-51/h7-12,14-15,17-28,38,41,49,59H,13,16,29-37,39-40H2,1-6H3,(H6-,65,66,67,68,69,75,76,77,79)/p+1/t49-,59+/m1/s1. The van der Waals surface area contributed by atoms with Gasteiger partial charge in [-0.05, 0) is 92.3 Å². The van der Waals surface area contributed by atoms with Gasteiger partial charge in [-0.2, -0.15) is 4.57 Å². The molecule has 2 aromatic heterocycles. The molecule has 430 valence electrons. The molecule has 0 saturated heterocycles. The fourth-order valence-corrected chi connectivity index (χ4v) is 9.99. The Hall–Kier alpha value is -8.58. The zero-order valence-electron chi connectivity index (χ0n) is 47.6. The Bertz CT molecular complexity index is 3450. The van der Waals surface area contributed by atoms with Crippen LogP contribution >= 0.6 is 0 Å². The van der Waals surface area contributed by atoms with Crippen LogP contribution in [0.3, 0.4) is 0 Å². The molecule has 2 heterocycles. The fourth-order valence-electron chi connectivity index (χ4n) is 9.99. The predicted molar refractivity (Wildman–Crippen MR) is 317 cm³/mol. The number of primary amides is 1. The van der Waals surface area contributed by atoms with Crippen molar-refractivity contribution in [1.29, 1.82) is 0 Å². The van der Waals surface area contributed by atoms with Gasteiger partial charge in [0.1, 0.15) is 11.3 Å². The highest BCUT2D eigenvalue weighted by Crippen LogP contribution is 2.36. The van der Waals surface area contributed by atoms with Crippen molar-refractivity contribution in [2.24, 2.45) is 24.6 Å². The zero-order valence-corrected chi connectivity index (χ0v) is 47.6. The molecule has 0 bridgehead atoms. The Morgan fingerprint density at radius 3 is 2.02 bits per heavy atom. The summed E-state index contributed by atoms with van der Waals surface area (Å²) in [6.07, 6.45) is 0.881. The number of hydrogen-bond donors (Lipinski definition) is 5. The minimum atomic E-state index is -0.847. The van der Waals surface area contributed by atoms with E-state index < -0.39 is 29.3 Å². The van der Waals surface area contributed by atoms with Gasteiger partial charge in [-0.15, -0.1) is 0 Å². The van der Waals surface area contributed by atoms with Crippen molar-refractivity contribution in [1.82, 2.24) is 20.0 Å². The summed E-state index contributed by atoms with van der Waals surface area (Å²) in [5, 5.41) is 9.30. The number of carbonyl (C=O) groups excluding carboxylic acids is 6. The summed E-state index contributed by atoms with van der Waals surface area (Å²) >= 11 is 0. The number of pyridine rings is 1. The van der Waals surface area contributed by atoms with Crippen LogP contribution in [-0.4, -0.2) is 96.8 Å². The van der Waals surface area contributed by atoms with Crippen LogP contribution in [0.4, 0.5) is 16.2 Å². The zero-order chi connectivity index (χ0) is 58.9. The Labute approximate surface area is 478 Å². The van der Waals surface area contributed by atoms with Gasteiger partial charge in [-0.3, -0.25) is 33.4 Å². The summed E-state index contributed by atoms with van der Waals surface area (Å²) in [6, 6.07) is 38.3. The number of ketones is 3. The summed E-state index contributed by atoms with van der Waals surface area (Å²) in [5.41, 5.74) is 20.0. The Morgan fingerprint density at radius 1 is 0.732 bits per heavy atom. The number of amides is 4. The molecule has 0 fully saturated rings. The third-order valence-corrected chi connectivity index (χ3v) is 14.3. The molecule has 18 heteroatoms. The van der Waals surface area contributed by atoms with Crippen LogP contribution in [0.5, 0.6) is 0 Å². The Kier molecular flexibility index (Phi) is 21.8. The van der Waals surface area contributed by atoms with Crippen LogP contribution in [0.15, 0.2) is 132 Å². The molecular formula is C64H75N8O10+. The van der Waals surface area contributed by atoms with E-state index in [0.29, 0.717) is 74.0 Å². The highest BCUT2D eigenvalue weighted by molar-refractivity contribution is 6.16. The fraction of sp³-hybridized carbons (Fsp3) is 0.344. The van der Waals surface area contributed by atoms with E-state index in [1.807, 2.05) is 143 Å². The third-order valence-electron chi connectivity index (χ3n) is 14.3. The maximum atomic E-state index is 14.8. The van der Waals surface area contributed by atoms with E-state index in [2.05, 4.69) is 26.6 Å². The number of aromatic nitrogens is 3. The Morgan fingerprint density at radius 2 is 1.38 bits per heavy atom. The molecule has 7 aromatic rings. The molecule has 0 aliphatic heterocycles. The number of aryl methyl sites for hydroxylation is 2. The number of benzene rings is 5. The summed E-state index contributed by atoms with van der Waals surface area (Å²) in [4.78, 5) is 92.5. The van der Waals surface area contributed by atoms with Gasteiger partial charge in [0.15, 0.2) is 18.0 Å². The van der Waals surface area contributed by atoms with Gasteiger partial charge in [0.2, 0.25) is 23.1 Å². The molecule has 7 rings (SSSR count). The van der Waals surface area contributed by atoms with Crippen molar-refractivity contribution in [3.05, 3.63) is 166 Å². The summed E-state index contributed by atoms with van der Waals surface area (Å²) in [7, 11) is 1.77. The van der Waals surface area contributed by atoms with Gasteiger partial charge in [-0.1, -0.05) is 80.6 Å². The SMILES string of the molecule is CC(=O)CCOCCOCCOCCC(=O)N[C@H](C(=O)C[C@@H](CCCNC(N)=O)C(=O)Nc1ccc(C[n+]2c(C)ccc3cc(-c4c(C)ccc(C(=O)c5c(-c6ccccc6)n(C)n(-c6ccccc6)c5=O)c4N)ccc32)cc1)C(C)C. The maximum Gasteiger partial charge on any atom is 0.312 e. The number of carbonyl (C=O) groups is 6. The molecular weight excluding hydrogens is 1040 g/mol. The van der Waals surface area contributed by atoms with E-state index in [0.717, 1.165) is 33.3 Å². The lowest BCUT2D eigenvalue weighted by Gasteiger charge is -2.24. The number of nitrogens with one attached hydrogen (secondary N) is 3. The molecule has 0 aliphatic carbocycles. The molecule has 18 nitrogen and oxygen atoms in total. The number of Topliss-reactive ketones (excluding diaryl/α,β-unsaturated/α-hetero) is 2. The number of anilines is 2. The first kappa shape index (κ1) is 61.0. The Balaban J connectivity index is 1.02. The van der Waals surface area contributed by atoms with E-state index in [-0.39, 0.29) is 85.1 Å². The monoisotopic (exact) mass is 1120 g/mol. The predicted octanol–water partition coefficient (Wildman–Crippen LogP) is 7.95. The van der Waals surface area contributed by atoms with E-state index in [4.69, 9.17) is 25.7 Å². The number of rotatable bonds is 30. The minimum absolute atomic E-state index is 0.0205. The molecule has 0 unspecified atom stereocenters. The van der Waals surface area contributed by atoms with E-state index in [9.17, 15) is 33.6 Å². The lowest BCUT2D eigenvalue weighted by Crippen LogP contribution is -2.45. The van der Waals surface area contributed by atoms with Gasteiger partial charge < -0.3 is 41.6 Å². The number of ether oxygens (including phenoxy) is 3. The van der Waals surface area contributed by atoms with Crippen molar-refractivity contribution in [2.75, 3.05) is 57.2 Å². The van der Waals surface area contributed by atoms with E-state index in [1.54, 1.807) is 17.8 Å². The van der Waals surface area contributed by atoms with Gasteiger partial charge in [0, 0.05) is 91.2 Å². The number of hydrogen-bond acceptors (Lipinski definition) is 11. The molecule has 0 saturated carbocycles. The second kappa shape index (κ2) is 29.2. The van der Waals surface area contributed by atoms with Crippen molar-refractivity contribution < 1.29 is 47.5 Å². The number of para-hydroxylation sites is 1. The molecule has 4 amide bonds. The van der Waals surface area contributed by atoms with Crippen molar-refractivity contribution in [3.63, 3.8) is 0 Å². The quantitative estimate of drug-likeness (QED) is 0.0125. The first-order valence-corrected chi connectivity index (χ1v) is 27.7. The van der Waals surface area contributed by atoms with Gasteiger partial charge in [0.25, 0.3) is 5.56 Å². The topological polar surface area (TPSA) is 249 Å². The third kappa shape index (κ3) is 15.9. The molecule has 0 radical (unpaired) electrons. The molecule has 7 N–H and O–H groups in total. The highest BCUT2D eigenvalue weighted by atomic mass is 16.5. The first-order valence-electron chi connectivity index (χ1n) is 27.7. The maximum absolute atomic E-state index is 14.8. The van der Waals surface area contributed by atoms with E-state index >= 15 is 0 Å². The van der Waals surface area contributed by atoms with Crippen LogP contribution in [-0.2, 0) is 47.0 Å². The van der Waals surface area contributed by atoms with Crippen LogP contribution in [0, 0.1) is 25.7 Å². The summed E-state index contributed by atoms with van der Waals surface area (Å²) in [5.74, 6) is -2.50. The van der Waals surface area contributed by atoms with Gasteiger partial charge >= 0.3 is 6.03 Å². The molecule has 82 heavy (non-hydrogen) atoms. The van der Waals surface area contributed by atoms with Gasteiger partial charge in [0.05, 0.1) is 62.8 Å². The highest BCUT2D eigenvalue weighted by Gasteiger charge is 2.31. The summed E-state index contributed by atoms with van der Waals surface area (Å²) < 4.78 is 21.8. The largest absolute Gasteiger partial charge is 0.398 e. The second-order valence-corrected chi connectivity index (χ2v) is 20.8. The van der Waals surface area contributed by atoms with Crippen molar-refractivity contribution in [2.45, 2.75) is 79.3 Å². The number of nitrogens with zero attached hydrogens (tertiary/aromatic N) is 3. The van der Waals surface area contributed by atoms with Crippen LogP contribution < -0.4 is 37.5 Å². The van der Waals surface area contributed by atoms with E-state index in [1.165, 1.54) is 11.6 Å².